The molecular formula is C15H11BrFN. The van der Waals surface area contributed by atoms with Gasteiger partial charge in [0.25, 0.3) is 0 Å². The van der Waals surface area contributed by atoms with E-state index in [1.54, 1.807) is 12.1 Å². The number of fused-ring (bicyclic) bond motifs is 1. The molecule has 0 atom stereocenters. The molecular weight excluding hydrogens is 293 g/mol. The molecule has 1 N–H and O–H groups in total. The van der Waals surface area contributed by atoms with Crippen LogP contribution in [0.5, 0.6) is 0 Å². The van der Waals surface area contributed by atoms with Gasteiger partial charge in [0.2, 0.25) is 0 Å². The number of anilines is 1. The highest BCUT2D eigenvalue weighted by atomic mass is 79.9. The van der Waals surface area contributed by atoms with E-state index in [4.69, 9.17) is 0 Å². The third-order valence-corrected chi connectivity index (χ3v) is 3.70. The summed E-state index contributed by atoms with van der Waals surface area (Å²) in [5.41, 5.74) is 4.03. The van der Waals surface area contributed by atoms with Gasteiger partial charge in [-0.1, -0.05) is 46.3 Å². The summed E-state index contributed by atoms with van der Waals surface area (Å²) in [6, 6.07) is 14.9. The lowest BCUT2D eigenvalue weighted by atomic mass is 9.94. The Morgan fingerprint density at radius 2 is 1.83 bits per heavy atom. The van der Waals surface area contributed by atoms with Gasteiger partial charge in [-0.3, -0.25) is 0 Å². The second kappa shape index (κ2) is 4.58. The first-order valence-electron chi connectivity index (χ1n) is 5.73. The molecule has 3 rings (SSSR count). The Labute approximate surface area is 113 Å². The molecule has 1 aliphatic rings. The van der Waals surface area contributed by atoms with Crippen molar-refractivity contribution in [2.45, 2.75) is 0 Å². The van der Waals surface area contributed by atoms with Crippen LogP contribution in [0.2, 0.25) is 0 Å². The Bertz CT molecular complexity index is 620. The summed E-state index contributed by atoms with van der Waals surface area (Å²) in [5, 5.41) is 3.27. The van der Waals surface area contributed by atoms with E-state index in [1.165, 1.54) is 6.07 Å². The van der Waals surface area contributed by atoms with Crippen molar-refractivity contribution in [3.63, 3.8) is 0 Å². The Morgan fingerprint density at radius 3 is 2.61 bits per heavy atom. The monoisotopic (exact) mass is 303 g/mol. The zero-order valence-corrected chi connectivity index (χ0v) is 11.2. The fourth-order valence-corrected chi connectivity index (χ4v) is 2.78. The summed E-state index contributed by atoms with van der Waals surface area (Å²) in [6.45, 7) is 0.725. The molecule has 0 radical (unpaired) electrons. The molecule has 0 bridgehead atoms. The van der Waals surface area contributed by atoms with Crippen LogP contribution in [0, 0.1) is 5.82 Å². The zero-order valence-electron chi connectivity index (χ0n) is 9.58. The average molecular weight is 304 g/mol. The summed E-state index contributed by atoms with van der Waals surface area (Å²) in [6.07, 6.45) is 0. The summed E-state index contributed by atoms with van der Waals surface area (Å²) in [5.74, 6) is -0.216. The van der Waals surface area contributed by atoms with Gasteiger partial charge in [0.1, 0.15) is 5.82 Å². The van der Waals surface area contributed by atoms with Crippen molar-refractivity contribution >= 4 is 27.2 Å². The molecule has 2 aromatic rings. The van der Waals surface area contributed by atoms with Crippen molar-refractivity contribution in [1.82, 2.24) is 0 Å². The van der Waals surface area contributed by atoms with Gasteiger partial charge in [0, 0.05) is 27.9 Å². The van der Waals surface area contributed by atoms with Gasteiger partial charge in [-0.15, -0.1) is 0 Å². The summed E-state index contributed by atoms with van der Waals surface area (Å²) in [4.78, 5) is 0. The molecule has 0 amide bonds. The average Bonchev–Trinajstić information content (AvgIpc) is 2.39. The van der Waals surface area contributed by atoms with Gasteiger partial charge in [0.05, 0.1) is 0 Å². The lowest BCUT2D eigenvalue weighted by molar-refractivity contribution is 0.627. The predicted molar refractivity (Wildman–Crippen MR) is 76.3 cm³/mol. The van der Waals surface area contributed by atoms with Gasteiger partial charge in [-0.2, -0.15) is 0 Å². The number of hydrogen-bond donors (Lipinski definition) is 1. The second-order valence-corrected chi connectivity index (χ2v) is 5.15. The predicted octanol–water partition coefficient (Wildman–Crippen LogP) is 4.41. The third-order valence-electron chi connectivity index (χ3n) is 3.02. The van der Waals surface area contributed by atoms with Crippen LogP contribution >= 0.6 is 15.9 Å². The topological polar surface area (TPSA) is 12.0 Å². The highest BCUT2D eigenvalue weighted by molar-refractivity contribution is 9.11. The van der Waals surface area contributed by atoms with E-state index >= 15 is 0 Å². The minimum atomic E-state index is -0.216. The van der Waals surface area contributed by atoms with Gasteiger partial charge in [0.15, 0.2) is 0 Å². The van der Waals surface area contributed by atoms with Crippen LogP contribution in [0.3, 0.4) is 0 Å². The standard InChI is InChI=1S/C15H11BrFN/c16-13-9-18-14-7-6-11(17)8-12(14)15(13)10-4-2-1-3-5-10/h1-8,18H,9H2. The van der Waals surface area contributed by atoms with Crippen molar-refractivity contribution in [3.8, 4) is 0 Å². The molecule has 1 aliphatic heterocycles. The van der Waals surface area contributed by atoms with E-state index in [0.29, 0.717) is 0 Å². The molecule has 0 aliphatic carbocycles. The maximum Gasteiger partial charge on any atom is 0.123 e. The SMILES string of the molecule is Fc1ccc2c(c1)C(c1ccccc1)=C(Br)CN2. The van der Waals surface area contributed by atoms with Crippen LogP contribution < -0.4 is 5.32 Å². The number of rotatable bonds is 1. The van der Waals surface area contributed by atoms with E-state index in [9.17, 15) is 4.39 Å². The number of nitrogens with one attached hydrogen (secondary N) is 1. The Hall–Kier alpha value is -1.61. The molecule has 0 aromatic heterocycles. The molecule has 0 spiro atoms. The molecule has 0 saturated carbocycles. The van der Waals surface area contributed by atoms with Gasteiger partial charge < -0.3 is 5.32 Å². The van der Waals surface area contributed by atoms with Crippen molar-refractivity contribution in [2.24, 2.45) is 0 Å². The Balaban J connectivity index is 2.22. The maximum atomic E-state index is 13.4. The second-order valence-electron chi connectivity index (χ2n) is 4.19. The fourth-order valence-electron chi connectivity index (χ4n) is 2.20. The molecule has 2 aromatic carbocycles. The third kappa shape index (κ3) is 1.95. The van der Waals surface area contributed by atoms with Crippen LogP contribution in [-0.2, 0) is 0 Å². The van der Waals surface area contributed by atoms with Crippen molar-refractivity contribution < 1.29 is 4.39 Å². The molecule has 1 heterocycles. The first-order valence-corrected chi connectivity index (χ1v) is 6.53. The Kier molecular flexibility index (Phi) is 2.92. The molecule has 0 fully saturated rings. The minimum absolute atomic E-state index is 0.216. The van der Waals surface area contributed by atoms with E-state index in [-0.39, 0.29) is 5.82 Å². The van der Waals surface area contributed by atoms with Crippen molar-refractivity contribution in [3.05, 3.63) is 70.0 Å². The molecule has 18 heavy (non-hydrogen) atoms. The van der Waals surface area contributed by atoms with Crippen LogP contribution in [-0.4, -0.2) is 6.54 Å². The van der Waals surface area contributed by atoms with Gasteiger partial charge in [-0.05, 0) is 23.8 Å². The molecule has 90 valence electrons. The number of halogens is 2. The van der Waals surface area contributed by atoms with Crippen LogP contribution in [0.15, 0.2) is 53.0 Å². The summed E-state index contributed by atoms with van der Waals surface area (Å²) >= 11 is 3.58. The first-order chi connectivity index (χ1) is 8.75. The summed E-state index contributed by atoms with van der Waals surface area (Å²) in [7, 11) is 0. The highest BCUT2D eigenvalue weighted by Crippen LogP contribution is 2.37. The normalized spacial score (nSPS) is 14.1. The Morgan fingerprint density at radius 1 is 1.06 bits per heavy atom. The maximum absolute atomic E-state index is 13.4. The lowest BCUT2D eigenvalue weighted by Gasteiger charge is -2.22. The van der Waals surface area contributed by atoms with E-state index in [1.807, 2.05) is 30.3 Å². The fraction of sp³-hybridized carbons (Fsp3) is 0.0667. The van der Waals surface area contributed by atoms with Crippen molar-refractivity contribution in [1.29, 1.82) is 0 Å². The quantitative estimate of drug-likeness (QED) is 0.823. The lowest BCUT2D eigenvalue weighted by Crippen LogP contribution is -2.12. The minimum Gasteiger partial charge on any atom is -0.380 e. The van der Waals surface area contributed by atoms with E-state index < -0.39 is 0 Å². The molecule has 3 heteroatoms. The zero-order chi connectivity index (χ0) is 12.5. The van der Waals surface area contributed by atoms with Crippen LogP contribution in [0.1, 0.15) is 11.1 Å². The van der Waals surface area contributed by atoms with Gasteiger partial charge in [-0.25, -0.2) is 4.39 Å². The van der Waals surface area contributed by atoms with Crippen molar-refractivity contribution in [2.75, 3.05) is 11.9 Å². The van der Waals surface area contributed by atoms with Crippen LogP contribution in [0.25, 0.3) is 5.57 Å². The smallest absolute Gasteiger partial charge is 0.123 e. The van der Waals surface area contributed by atoms with E-state index in [0.717, 1.165) is 33.4 Å². The number of benzene rings is 2. The largest absolute Gasteiger partial charge is 0.380 e. The first kappa shape index (κ1) is 11.5. The highest BCUT2D eigenvalue weighted by Gasteiger charge is 2.18. The van der Waals surface area contributed by atoms with Crippen LogP contribution in [0.4, 0.5) is 10.1 Å². The molecule has 1 nitrogen and oxygen atoms in total. The number of hydrogen-bond acceptors (Lipinski definition) is 1. The van der Waals surface area contributed by atoms with Gasteiger partial charge >= 0.3 is 0 Å². The summed E-state index contributed by atoms with van der Waals surface area (Å²) < 4.78 is 14.5. The molecule has 0 saturated heterocycles. The van der Waals surface area contributed by atoms with E-state index in [2.05, 4.69) is 21.2 Å². The molecule has 0 unspecified atom stereocenters.